The minimum Gasteiger partial charge on any atom is -0.370 e. The van der Waals surface area contributed by atoms with E-state index in [4.69, 9.17) is 4.74 Å². The second-order valence-corrected chi connectivity index (χ2v) is 4.87. The minimum absolute atomic E-state index is 0.537. The van der Waals surface area contributed by atoms with Crippen LogP contribution in [-0.4, -0.2) is 6.61 Å². The van der Waals surface area contributed by atoms with Gasteiger partial charge in [-0.25, -0.2) is 4.39 Å². The fourth-order valence-corrected chi connectivity index (χ4v) is 2.16. The fourth-order valence-electron chi connectivity index (χ4n) is 2.16. The van der Waals surface area contributed by atoms with E-state index in [1.807, 2.05) is 60.7 Å². The minimum atomic E-state index is -1.14. The maximum Gasteiger partial charge on any atom is 0.155 e. The average molecular weight is 272 g/mol. The first-order valence-electron chi connectivity index (χ1n) is 7.18. The Bertz CT molecular complexity index is 483. The molecule has 1 nitrogen and oxygen atoms in total. The summed E-state index contributed by atoms with van der Waals surface area (Å²) in [6, 6.07) is 18.8. The van der Waals surface area contributed by atoms with E-state index in [-0.39, 0.29) is 0 Å². The van der Waals surface area contributed by atoms with Crippen LogP contribution >= 0.6 is 0 Å². The first kappa shape index (κ1) is 14.7. The number of hydrogen-bond donors (Lipinski definition) is 0. The van der Waals surface area contributed by atoms with Gasteiger partial charge in [-0.1, -0.05) is 74.0 Å². The predicted molar refractivity (Wildman–Crippen MR) is 80.3 cm³/mol. The van der Waals surface area contributed by atoms with E-state index in [9.17, 15) is 4.39 Å². The normalized spacial score (nSPS) is 13.9. The van der Waals surface area contributed by atoms with Gasteiger partial charge in [-0.3, -0.25) is 0 Å². The summed E-state index contributed by atoms with van der Waals surface area (Å²) >= 11 is 0. The van der Waals surface area contributed by atoms with Crippen LogP contribution in [-0.2, 0) is 4.74 Å². The molecule has 0 saturated heterocycles. The average Bonchev–Trinajstić information content (AvgIpc) is 2.53. The molecule has 0 bridgehead atoms. The van der Waals surface area contributed by atoms with Crippen molar-refractivity contribution in [2.45, 2.75) is 32.0 Å². The maximum atomic E-state index is 14.8. The molecule has 0 aliphatic rings. The highest BCUT2D eigenvalue weighted by Gasteiger charge is 2.24. The van der Waals surface area contributed by atoms with Crippen molar-refractivity contribution in [1.29, 1.82) is 0 Å². The largest absolute Gasteiger partial charge is 0.370 e. The molecular weight excluding hydrogens is 251 g/mol. The topological polar surface area (TPSA) is 9.23 Å². The van der Waals surface area contributed by atoms with Gasteiger partial charge in [0.25, 0.3) is 0 Å². The van der Waals surface area contributed by atoms with Crippen LogP contribution in [0.15, 0.2) is 60.7 Å². The standard InChI is InChI=1S/C18H21FO/c1-2-3-14-20-18(16-12-8-5-9-13-16)17(19)15-10-6-4-7-11-15/h4-13,17-18H,2-3,14H2,1H3. The zero-order valence-corrected chi connectivity index (χ0v) is 11.8. The Hall–Kier alpha value is -1.67. The fraction of sp³-hybridized carbons (Fsp3) is 0.333. The van der Waals surface area contributed by atoms with Crippen LogP contribution in [0.3, 0.4) is 0 Å². The molecule has 2 unspecified atom stereocenters. The molecule has 20 heavy (non-hydrogen) atoms. The van der Waals surface area contributed by atoms with Gasteiger partial charge < -0.3 is 4.74 Å². The Morgan fingerprint density at radius 1 is 0.900 bits per heavy atom. The number of ether oxygens (including phenoxy) is 1. The summed E-state index contributed by atoms with van der Waals surface area (Å²) in [7, 11) is 0. The summed E-state index contributed by atoms with van der Waals surface area (Å²) in [6.07, 6.45) is 0.315. The number of benzene rings is 2. The second kappa shape index (κ2) is 7.81. The van der Waals surface area contributed by atoms with Gasteiger partial charge >= 0.3 is 0 Å². The quantitative estimate of drug-likeness (QED) is 0.625. The lowest BCUT2D eigenvalue weighted by atomic mass is 9.99. The molecule has 0 spiro atoms. The molecule has 2 aromatic carbocycles. The number of rotatable bonds is 7. The van der Waals surface area contributed by atoms with Gasteiger partial charge in [-0.05, 0) is 17.5 Å². The lowest BCUT2D eigenvalue weighted by Gasteiger charge is -2.22. The number of halogens is 1. The molecule has 0 aliphatic carbocycles. The van der Waals surface area contributed by atoms with Gasteiger partial charge in [-0.15, -0.1) is 0 Å². The van der Waals surface area contributed by atoms with Crippen LogP contribution in [0.25, 0.3) is 0 Å². The number of hydrogen-bond acceptors (Lipinski definition) is 1. The van der Waals surface area contributed by atoms with Crippen LogP contribution < -0.4 is 0 Å². The van der Waals surface area contributed by atoms with Crippen LogP contribution in [0.1, 0.15) is 43.2 Å². The van der Waals surface area contributed by atoms with E-state index < -0.39 is 12.3 Å². The molecule has 0 aliphatic heterocycles. The Morgan fingerprint density at radius 3 is 2.00 bits per heavy atom. The van der Waals surface area contributed by atoms with Crippen molar-refractivity contribution in [3.8, 4) is 0 Å². The lowest BCUT2D eigenvalue weighted by Crippen LogP contribution is -2.12. The van der Waals surface area contributed by atoms with Gasteiger partial charge in [0.05, 0.1) is 0 Å². The van der Waals surface area contributed by atoms with E-state index >= 15 is 0 Å². The smallest absolute Gasteiger partial charge is 0.155 e. The van der Waals surface area contributed by atoms with Crippen molar-refractivity contribution in [3.63, 3.8) is 0 Å². The third-order valence-electron chi connectivity index (χ3n) is 3.31. The Morgan fingerprint density at radius 2 is 1.45 bits per heavy atom. The van der Waals surface area contributed by atoms with Crippen LogP contribution in [0.4, 0.5) is 4.39 Å². The van der Waals surface area contributed by atoms with E-state index in [1.165, 1.54) is 0 Å². The van der Waals surface area contributed by atoms with Gasteiger partial charge in [-0.2, -0.15) is 0 Å². The molecule has 2 aromatic rings. The molecule has 0 fully saturated rings. The molecule has 106 valence electrons. The van der Waals surface area contributed by atoms with E-state index in [2.05, 4.69) is 6.92 Å². The second-order valence-electron chi connectivity index (χ2n) is 4.87. The molecule has 0 N–H and O–H groups in total. The highest BCUT2D eigenvalue weighted by atomic mass is 19.1. The molecular formula is C18H21FO. The Labute approximate surface area is 120 Å². The molecule has 0 saturated carbocycles. The molecule has 2 atom stereocenters. The van der Waals surface area contributed by atoms with E-state index in [1.54, 1.807) is 0 Å². The van der Waals surface area contributed by atoms with Gasteiger partial charge in [0.1, 0.15) is 6.10 Å². The van der Waals surface area contributed by atoms with Crippen molar-refractivity contribution >= 4 is 0 Å². The molecule has 2 rings (SSSR count). The van der Waals surface area contributed by atoms with Gasteiger partial charge in [0.15, 0.2) is 6.17 Å². The third kappa shape index (κ3) is 3.91. The Kier molecular flexibility index (Phi) is 5.75. The van der Waals surface area contributed by atoms with Gasteiger partial charge in [0, 0.05) is 6.61 Å². The molecule has 0 amide bonds. The molecule has 0 radical (unpaired) electrons. The summed E-state index contributed by atoms with van der Waals surface area (Å²) < 4.78 is 20.6. The maximum absolute atomic E-state index is 14.8. The summed E-state index contributed by atoms with van der Waals surface area (Å²) in [5, 5.41) is 0. The number of alkyl halides is 1. The van der Waals surface area contributed by atoms with Gasteiger partial charge in [0.2, 0.25) is 0 Å². The first-order valence-corrected chi connectivity index (χ1v) is 7.18. The summed E-state index contributed by atoms with van der Waals surface area (Å²) in [6.45, 7) is 2.69. The SMILES string of the molecule is CCCCOC(c1ccccc1)C(F)c1ccccc1. The molecule has 2 heteroatoms. The van der Waals surface area contributed by atoms with Crippen LogP contribution in [0.2, 0.25) is 0 Å². The zero-order chi connectivity index (χ0) is 14.2. The van der Waals surface area contributed by atoms with Crippen molar-refractivity contribution < 1.29 is 9.13 Å². The zero-order valence-electron chi connectivity index (χ0n) is 11.8. The predicted octanol–water partition coefficient (Wildman–Crippen LogP) is 5.26. The summed E-state index contributed by atoms with van der Waals surface area (Å²) in [4.78, 5) is 0. The van der Waals surface area contributed by atoms with E-state index in [0.29, 0.717) is 12.2 Å². The van der Waals surface area contributed by atoms with Crippen LogP contribution in [0.5, 0.6) is 0 Å². The van der Waals surface area contributed by atoms with Crippen molar-refractivity contribution in [3.05, 3.63) is 71.8 Å². The van der Waals surface area contributed by atoms with Crippen molar-refractivity contribution in [2.75, 3.05) is 6.61 Å². The van der Waals surface area contributed by atoms with E-state index in [0.717, 1.165) is 18.4 Å². The molecule has 0 aromatic heterocycles. The first-order chi connectivity index (χ1) is 9.83. The highest BCUT2D eigenvalue weighted by Crippen LogP contribution is 2.35. The summed E-state index contributed by atoms with van der Waals surface area (Å²) in [5.74, 6) is 0. The monoisotopic (exact) mass is 272 g/mol. The van der Waals surface area contributed by atoms with Crippen LogP contribution in [0, 0.1) is 0 Å². The lowest BCUT2D eigenvalue weighted by molar-refractivity contribution is -0.00632. The molecule has 0 heterocycles. The van der Waals surface area contributed by atoms with Crippen molar-refractivity contribution in [2.24, 2.45) is 0 Å². The highest BCUT2D eigenvalue weighted by molar-refractivity contribution is 5.25. The summed E-state index contributed by atoms with van der Waals surface area (Å²) in [5.41, 5.74) is 1.55. The number of unbranched alkanes of at least 4 members (excludes halogenated alkanes) is 1. The van der Waals surface area contributed by atoms with Crippen molar-refractivity contribution in [1.82, 2.24) is 0 Å². The third-order valence-corrected chi connectivity index (χ3v) is 3.31. The Balaban J connectivity index is 2.17.